The normalized spacial score (nSPS) is 15.4. The Morgan fingerprint density at radius 1 is 1.17 bits per heavy atom. The fraction of sp³-hybridized carbons (Fsp3) is 0.308. The lowest BCUT2D eigenvalue weighted by atomic mass is 9.93. The number of anilines is 3. The molecule has 2 heterocycles. The zero-order valence-electron chi connectivity index (χ0n) is 19.3. The number of aromatic carboxylic acids is 1. The van der Waals surface area contributed by atoms with Crippen molar-refractivity contribution in [1.29, 1.82) is 0 Å². The van der Waals surface area contributed by atoms with E-state index in [0.717, 1.165) is 29.9 Å². The summed E-state index contributed by atoms with van der Waals surface area (Å²) in [5.41, 5.74) is 5.54. The molecule has 0 radical (unpaired) electrons. The summed E-state index contributed by atoms with van der Waals surface area (Å²) in [5, 5.41) is 16.1. The molecule has 6 nitrogen and oxygen atoms in total. The molecular weight excluding hydrogens is 457 g/mol. The van der Waals surface area contributed by atoms with Gasteiger partial charge in [-0.05, 0) is 66.4 Å². The van der Waals surface area contributed by atoms with Crippen LogP contribution in [0.3, 0.4) is 0 Å². The molecule has 9 heteroatoms. The van der Waals surface area contributed by atoms with Crippen LogP contribution < -0.4 is 15.5 Å². The number of nitrogens with zero attached hydrogens (tertiary/aromatic N) is 2. The molecule has 1 aliphatic rings. The van der Waals surface area contributed by atoms with E-state index in [0.29, 0.717) is 17.8 Å². The zero-order chi connectivity index (χ0) is 25.0. The number of aromatic nitrogens is 1. The fourth-order valence-corrected chi connectivity index (χ4v) is 4.29. The van der Waals surface area contributed by atoms with Crippen molar-refractivity contribution in [2.75, 3.05) is 30.4 Å². The lowest BCUT2D eigenvalue weighted by Gasteiger charge is -2.29. The first kappa shape index (κ1) is 24.5. The number of carbonyl (C=O) groups is 1. The number of carboxylic acid groups (broad SMARTS) is 1. The van der Waals surface area contributed by atoms with Crippen LogP contribution in [-0.2, 0) is 12.8 Å². The number of hydrogen-bond donors (Lipinski definition) is 3. The van der Waals surface area contributed by atoms with E-state index in [9.17, 15) is 23.1 Å². The van der Waals surface area contributed by atoms with E-state index in [-0.39, 0.29) is 18.0 Å². The van der Waals surface area contributed by atoms with Crippen LogP contribution in [0, 0.1) is 0 Å². The van der Waals surface area contributed by atoms with Crippen molar-refractivity contribution in [3.8, 4) is 0 Å². The largest absolute Gasteiger partial charge is 0.478 e. The molecule has 2 aromatic carbocycles. The Balaban J connectivity index is 1.45. The molecule has 4 rings (SSSR count). The molecule has 1 atom stereocenters. The van der Waals surface area contributed by atoms with E-state index in [2.05, 4.69) is 27.8 Å². The SMILES string of the molecule is CN(c1ccc(CCC(F)(F)F)cc1)c1ccc2c(c1)CCN[C@@H]2CNc1cnccc1C(=O)O. The van der Waals surface area contributed by atoms with Crippen molar-refractivity contribution < 1.29 is 23.1 Å². The van der Waals surface area contributed by atoms with Crippen LogP contribution in [0.1, 0.15) is 39.5 Å². The van der Waals surface area contributed by atoms with Crippen LogP contribution in [0.25, 0.3) is 0 Å². The highest BCUT2D eigenvalue weighted by molar-refractivity contribution is 5.93. The van der Waals surface area contributed by atoms with Crippen LogP contribution in [0.4, 0.5) is 30.2 Å². The maximum absolute atomic E-state index is 12.5. The minimum atomic E-state index is -4.16. The summed E-state index contributed by atoms with van der Waals surface area (Å²) in [6.45, 7) is 1.30. The van der Waals surface area contributed by atoms with E-state index in [1.807, 2.05) is 30.1 Å². The zero-order valence-corrected chi connectivity index (χ0v) is 19.3. The van der Waals surface area contributed by atoms with Crippen LogP contribution >= 0.6 is 0 Å². The minimum Gasteiger partial charge on any atom is -0.478 e. The Hall–Kier alpha value is -3.59. The summed E-state index contributed by atoms with van der Waals surface area (Å²) >= 11 is 0. The second kappa shape index (κ2) is 10.4. The van der Waals surface area contributed by atoms with Crippen molar-refractivity contribution in [2.45, 2.75) is 31.5 Å². The van der Waals surface area contributed by atoms with Gasteiger partial charge in [0.1, 0.15) is 0 Å². The highest BCUT2D eigenvalue weighted by Crippen LogP contribution is 2.31. The van der Waals surface area contributed by atoms with Gasteiger partial charge in [-0.1, -0.05) is 18.2 Å². The highest BCUT2D eigenvalue weighted by Gasteiger charge is 2.26. The molecule has 0 aliphatic carbocycles. The number of pyridine rings is 1. The molecule has 0 amide bonds. The molecule has 0 spiro atoms. The summed E-state index contributed by atoms with van der Waals surface area (Å²) in [5.74, 6) is -1.01. The number of alkyl halides is 3. The second-order valence-electron chi connectivity index (χ2n) is 8.59. The third kappa shape index (κ3) is 6.10. The molecule has 3 aromatic rings. The average molecular weight is 485 g/mol. The van der Waals surface area contributed by atoms with Gasteiger partial charge in [-0.25, -0.2) is 4.79 Å². The van der Waals surface area contributed by atoms with Crippen molar-refractivity contribution in [1.82, 2.24) is 10.3 Å². The molecule has 1 aliphatic heterocycles. The van der Waals surface area contributed by atoms with Gasteiger partial charge in [0.05, 0.1) is 17.4 Å². The molecule has 1 aromatic heterocycles. The van der Waals surface area contributed by atoms with Gasteiger partial charge in [0, 0.05) is 43.6 Å². The fourth-order valence-electron chi connectivity index (χ4n) is 4.29. The molecule has 0 saturated carbocycles. The number of aryl methyl sites for hydroxylation is 1. The van der Waals surface area contributed by atoms with Gasteiger partial charge >= 0.3 is 12.1 Å². The predicted molar refractivity (Wildman–Crippen MR) is 129 cm³/mol. The monoisotopic (exact) mass is 484 g/mol. The maximum atomic E-state index is 12.5. The van der Waals surface area contributed by atoms with E-state index in [1.54, 1.807) is 12.1 Å². The Kier molecular flexibility index (Phi) is 7.25. The smallest absolute Gasteiger partial charge is 0.389 e. The van der Waals surface area contributed by atoms with E-state index in [4.69, 9.17) is 0 Å². The number of rotatable bonds is 8. The van der Waals surface area contributed by atoms with E-state index < -0.39 is 18.6 Å². The molecule has 35 heavy (non-hydrogen) atoms. The third-order valence-corrected chi connectivity index (χ3v) is 6.24. The van der Waals surface area contributed by atoms with Gasteiger partial charge in [0.15, 0.2) is 0 Å². The van der Waals surface area contributed by atoms with Gasteiger partial charge in [0.25, 0.3) is 0 Å². The maximum Gasteiger partial charge on any atom is 0.389 e. The van der Waals surface area contributed by atoms with Gasteiger partial charge in [-0.3, -0.25) is 4.98 Å². The number of benzene rings is 2. The average Bonchev–Trinajstić information content (AvgIpc) is 2.85. The quantitative estimate of drug-likeness (QED) is 0.401. The number of nitrogens with one attached hydrogen (secondary N) is 2. The van der Waals surface area contributed by atoms with Crippen LogP contribution in [-0.4, -0.2) is 42.4 Å². The minimum absolute atomic E-state index is 0.00729. The van der Waals surface area contributed by atoms with Crippen molar-refractivity contribution in [2.24, 2.45) is 0 Å². The molecule has 0 unspecified atom stereocenters. The Morgan fingerprint density at radius 2 is 1.91 bits per heavy atom. The topological polar surface area (TPSA) is 77.5 Å². The predicted octanol–water partition coefficient (Wildman–Crippen LogP) is 5.34. The second-order valence-corrected chi connectivity index (χ2v) is 8.59. The molecule has 0 saturated heterocycles. The highest BCUT2D eigenvalue weighted by atomic mass is 19.4. The standard InChI is InChI=1S/C26H27F3N4O2/c1-33(19-4-2-17(3-5-19)8-11-26(27,28)29)20-6-7-21-18(14-20)9-13-31-24(21)16-32-23-15-30-12-10-22(23)25(34)35/h2-7,10,12,14-15,24,31-32H,8-9,11,13,16H2,1H3,(H,34,35)/t24-/m1/s1. The lowest BCUT2D eigenvalue weighted by molar-refractivity contribution is -0.134. The first-order valence-corrected chi connectivity index (χ1v) is 11.4. The van der Waals surface area contributed by atoms with Crippen molar-refractivity contribution >= 4 is 23.0 Å². The summed E-state index contributed by atoms with van der Waals surface area (Å²) in [6, 6.07) is 14.9. The Labute approximate surface area is 201 Å². The molecule has 184 valence electrons. The first-order valence-electron chi connectivity index (χ1n) is 11.4. The van der Waals surface area contributed by atoms with Gasteiger partial charge in [-0.15, -0.1) is 0 Å². The van der Waals surface area contributed by atoms with Crippen molar-refractivity contribution in [3.63, 3.8) is 0 Å². The number of halogens is 3. The van der Waals surface area contributed by atoms with Crippen LogP contribution in [0.15, 0.2) is 60.9 Å². The number of hydrogen-bond acceptors (Lipinski definition) is 5. The lowest BCUT2D eigenvalue weighted by Crippen LogP contribution is -2.34. The number of carboxylic acids is 1. The van der Waals surface area contributed by atoms with E-state index >= 15 is 0 Å². The van der Waals surface area contributed by atoms with Gasteiger partial charge < -0.3 is 20.6 Å². The number of fused-ring (bicyclic) bond motifs is 1. The summed E-state index contributed by atoms with van der Waals surface area (Å²) < 4.78 is 37.4. The molecule has 0 bridgehead atoms. The van der Waals surface area contributed by atoms with Gasteiger partial charge in [0.2, 0.25) is 0 Å². The third-order valence-electron chi connectivity index (χ3n) is 6.24. The Bertz CT molecular complexity index is 1180. The molecule has 0 fully saturated rings. The first-order chi connectivity index (χ1) is 16.7. The van der Waals surface area contributed by atoms with Gasteiger partial charge in [-0.2, -0.15) is 13.2 Å². The van der Waals surface area contributed by atoms with Crippen molar-refractivity contribution in [3.05, 3.63) is 83.2 Å². The summed E-state index contributed by atoms with van der Waals surface area (Å²) in [7, 11) is 1.93. The van der Waals surface area contributed by atoms with E-state index in [1.165, 1.54) is 24.0 Å². The summed E-state index contributed by atoms with van der Waals surface area (Å²) in [4.78, 5) is 17.5. The van der Waals surface area contributed by atoms with Crippen LogP contribution in [0.2, 0.25) is 0 Å². The molecule has 3 N–H and O–H groups in total. The van der Waals surface area contributed by atoms with Crippen LogP contribution in [0.5, 0.6) is 0 Å². The Morgan fingerprint density at radius 3 is 2.63 bits per heavy atom. The molecular formula is C26H27F3N4O2. The summed E-state index contributed by atoms with van der Waals surface area (Å²) in [6.07, 6.45) is -1.18.